The van der Waals surface area contributed by atoms with Crippen molar-refractivity contribution >= 4 is 11.6 Å². The number of aromatic nitrogens is 2. The molecule has 1 unspecified atom stereocenters. The molecule has 0 aliphatic rings. The monoisotopic (exact) mass is 212 g/mol. The predicted octanol–water partition coefficient (Wildman–Crippen LogP) is 1.93. The third-order valence-corrected chi connectivity index (χ3v) is 2.07. The Kier molecular flexibility index (Phi) is 2.56. The average molecular weight is 213 g/mol. The number of H-pyrrole nitrogens is 1. The highest BCUT2D eigenvalue weighted by Gasteiger charge is 2.13. The van der Waals surface area contributed by atoms with Gasteiger partial charge in [0.2, 0.25) is 0 Å². The van der Waals surface area contributed by atoms with Crippen molar-refractivity contribution in [2.24, 2.45) is 0 Å². The van der Waals surface area contributed by atoms with Crippen molar-refractivity contribution in [3.8, 4) is 0 Å². The van der Waals surface area contributed by atoms with Crippen LogP contribution >= 0.6 is 11.6 Å². The lowest BCUT2D eigenvalue weighted by atomic mass is 10.2. The lowest BCUT2D eigenvalue weighted by Crippen LogP contribution is -2.01. The van der Waals surface area contributed by atoms with Crippen molar-refractivity contribution in [2.75, 3.05) is 0 Å². The summed E-state index contributed by atoms with van der Waals surface area (Å²) in [6, 6.07) is 3.25. The minimum atomic E-state index is -0.714. The fourth-order valence-corrected chi connectivity index (χ4v) is 1.35. The Bertz CT molecular complexity index is 397. The highest BCUT2D eigenvalue weighted by atomic mass is 35.5. The Hall–Kier alpha value is -1.26. The van der Waals surface area contributed by atoms with E-state index in [-0.39, 0.29) is 5.22 Å². The van der Waals surface area contributed by atoms with E-state index in [4.69, 9.17) is 16.0 Å². The first-order valence-corrected chi connectivity index (χ1v) is 4.55. The van der Waals surface area contributed by atoms with Gasteiger partial charge in [-0.2, -0.15) is 0 Å². The minimum absolute atomic E-state index is 0.276. The predicted molar refractivity (Wildman–Crippen MR) is 51.0 cm³/mol. The fraction of sp³-hybridized carbons (Fsp3) is 0.222. The molecule has 2 aromatic rings. The number of rotatable bonds is 3. The molecule has 0 radical (unpaired) electrons. The summed E-state index contributed by atoms with van der Waals surface area (Å²) < 4.78 is 5.07. The van der Waals surface area contributed by atoms with Crippen LogP contribution in [-0.4, -0.2) is 15.1 Å². The van der Waals surface area contributed by atoms with E-state index in [1.807, 2.05) is 0 Å². The Morgan fingerprint density at radius 2 is 2.43 bits per heavy atom. The van der Waals surface area contributed by atoms with Crippen molar-refractivity contribution in [3.63, 3.8) is 0 Å². The lowest BCUT2D eigenvalue weighted by Gasteiger charge is -2.04. The lowest BCUT2D eigenvalue weighted by molar-refractivity contribution is 0.148. The van der Waals surface area contributed by atoms with E-state index in [1.165, 1.54) is 0 Å². The summed E-state index contributed by atoms with van der Waals surface area (Å²) in [6.45, 7) is 0. The molecule has 0 saturated carbocycles. The van der Waals surface area contributed by atoms with Crippen LogP contribution in [0.5, 0.6) is 0 Å². The van der Waals surface area contributed by atoms with Gasteiger partial charge < -0.3 is 14.5 Å². The van der Waals surface area contributed by atoms with E-state index in [9.17, 15) is 5.11 Å². The molecular formula is C9H9ClN2O2. The standard InChI is InChI=1S/C9H9ClN2O2/c10-8-2-1-7(14-8)6(13)5-9-11-3-4-12-9/h1-4,6,13H,5H2,(H,11,12). The van der Waals surface area contributed by atoms with Crippen molar-refractivity contribution in [1.29, 1.82) is 0 Å². The van der Waals surface area contributed by atoms with Crippen molar-refractivity contribution in [1.82, 2.24) is 9.97 Å². The molecule has 4 nitrogen and oxygen atoms in total. The number of aliphatic hydroxyl groups is 1. The Morgan fingerprint density at radius 3 is 3.00 bits per heavy atom. The average Bonchev–Trinajstić information content (AvgIpc) is 2.75. The molecule has 74 valence electrons. The first kappa shape index (κ1) is 9.30. The van der Waals surface area contributed by atoms with Gasteiger partial charge in [0, 0.05) is 18.8 Å². The van der Waals surface area contributed by atoms with Gasteiger partial charge in [-0.3, -0.25) is 0 Å². The molecule has 0 aromatic carbocycles. The Balaban J connectivity index is 2.06. The topological polar surface area (TPSA) is 62.1 Å². The molecule has 2 rings (SSSR count). The molecule has 0 amide bonds. The molecule has 0 bridgehead atoms. The summed E-state index contributed by atoms with van der Waals surface area (Å²) in [4.78, 5) is 6.90. The van der Waals surface area contributed by atoms with Gasteiger partial charge in [0.25, 0.3) is 0 Å². The molecule has 0 spiro atoms. The van der Waals surface area contributed by atoms with Crippen molar-refractivity contribution < 1.29 is 9.52 Å². The van der Waals surface area contributed by atoms with E-state index >= 15 is 0 Å². The third-order valence-electron chi connectivity index (χ3n) is 1.86. The van der Waals surface area contributed by atoms with Crippen LogP contribution in [0.4, 0.5) is 0 Å². The minimum Gasteiger partial charge on any atom is -0.447 e. The number of imidazole rings is 1. The van der Waals surface area contributed by atoms with Gasteiger partial charge >= 0.3 is 0 Å². The third kappa shape index (κ3) is 1.97. The summed E-state index contributed by atoms with van der Waals surface area (Å²) >= 11 is 5.59. The summed E-state index contributed by atoms with van der Waals surface area (Å²) in [7, 11) is 0. The van der Waals surface area contributed by atoms with Gasteiger partial charge in [0.05, 0.1) is 0 Å². The van der Waals surface area contributed by atoms with E-state index in [0.717, 1.165) is 0 Å². The summed E-state index contributed by atoms with van der Waals surface area (Å²) in [6.07, 6.45) is 3.01. The number of hydrogen-bond donors (Lipinski definition) is 2. The smallest absolute Gasteiger partial charge is 0.193 e. The van der Waals surface area contributed by atoms with Gasteiger partial charge in [-0.25, -0.2) is 4.98 Å². The zero-order chi connectivity index (χ0) is 9.97. The normalized spacial score (nSPS) is 13.0. The second kappa shape index (κ2) is 3.86. The molecule has 2 N–H and O–H groups in total. The molecule has 0 fully saturated rings. The van der Waals surface area contributed by atoms with Crippen LogP contribution in [0.1, 0.15) is 17.7 Å². The zero-order valence-electron chi connectivity index (χ0n) is 7.27. The number of furan rings is 1. The van der Waals surface area contributed by atoms with Crippen LogP contribution in [0.3, 0.4) is 0 Å². The molecular weight excluding hydrogens is 204 g/mol. The summed E-state index contributed by atoms with van der Waals surface area (Å²) in [5, 5.41) is 9.97. The van der Waals surface area contributed by atoms with Gasteiger partial charge in [-0.15, -0.1) is 0 Å². The van der Waals surface area contributed by atoms with Gasteiger partial charge in [0.15, 0.2) is 5.22 Å². The SMILES string of the molecule is OC(Cc1ncc[nH]1)c1ccc(Cl)o1. The first-order valence-electron chi connectivity index (χ1n) is 4.17. The number of nitrogens with one attached hydrogen (secondary N) is 1. The van der Waals surface area contributed by atoms with E-state index in [1.54, 1.807) is 24.5 Å². The zero-order valence-corrected chi connectivity index (χ0v) is 8.03. The number of aliphatic hydroxyl groups excluding tert-OH is 1. The maximum Gasteiger partial charge on any atom is 0.193 e. The van der Waals surface area contributed by atoms with E-state index in [2.05, 4.69) is 9.97 Å². The number of nitrogens with zero attached hydrogens (tertiary/aromatic N) is 1. The van der Waals surface area contributed by atoms with Gasteiger partial charge in [-0.05, 0) is 23.7 Å². The van der Waals surface area contributed by atoms with E-state index in [0.29, 0.717) is 18.0 Å². The summed E-state index contributed by atoms with van der Waals surface area (Å²) in [5.74, 6) is 1.16. The van der Waals surface area contributed by atoms with Crippen LogP contribution in [0.2, 0.25) is 5.22 Å². The van der Waals surface area contributed by atoms with Crippen LogP contribution in [0, 0.1) is 0 Å². The van der Waals surface area contributed by atoms with Gasteiger partial charge in [-0.1, -0.05) is 0 Å². The van der Waals surface area contributed by atoms with E-state index < -0.39 is 6.10 Å². The van der Waals surface area contributed by atoms with Gasteiger partial charge in [0.1, 0.15) is 17.7 Å². The molecule has 2 aromatic heterocycles. The van der Waals surface area contributed by atoms with Crippen molar-refractivity contribution in [2.45, 2.75) is 12.5 Å². The second-order valence-electron chi connectivity index (χ2n) is 2.90. The van der Waals surface area contributed by atoms with Crippen LogP contribution in [0.25, 0.3) is 0 Å². The molecule has 5 heteroatoms. The number of aromatic amines is 1. The molecule has 0 aliphatic carbocycles. The Labute approximate surface area is 85.5 Å². The quantitative estimate of drug-likeness (QED) is 0.817. The number of halogens is 1. The van der Waals surface area contributed by atoms with Crippen molar-refractivity contribution in [3.05, 3.63) is 41.3 Å². The first-order chi connectivity index (χ1) is 6.75. The maximum absolute atomic E-state index is 9.69. The second-order valence-corrected chi connectivity index (χ2v) is 3.27. The van der Waals surface area contributed by atoms with Crippen LogP contribution < -0.4 is 0 Å². The molecule has 1 atom stereocenters. The highest BCUT2D eigenvalue weighted by Crippen LogP contribution is 2.21. The van der Waals surface area contributed by atoms with Crippen LogP contribution in [0.15, 0.2) is 28.9 Å². The molecule has 0 saturated heterocycles. The molecule has 0 aliphatic heterocycles. The summed E-state index contributed by atoms with van der Waals surface area (Å²) in [5.41, 5.74) is 0. The fourth-order valence-electron chi connectivity index (χ4n) is 1.20. The highest BCUT2D eigenvalue weighted by molar-refractivity contribution is 6.28. The Morgan fingerprint density at radius 1 is 1.57 bits per heavy atom. The molecule has 14 heavy (non-hydrogen) atoms. The van der Waals surface area contributed by atoms with Crippen LogP contribution in [-0.2, 0) is 6.42 Å². The largest absolute Gasteiger partial charge is 0.447 e. The number of hydrogen-bond acceptors (Lipinski definition) is 3. The maximum atomic E-state index is 9.69. The molecule has 2 heterocycles.